The highest BCUT2D eigenvalue weighted by Gasteiger charge is 2.41. The molecular formula is C23H19FN4O4. The number of fused-ring (bicyclic) bond motifs is 1. The summed E-state index contributed by atoms with van der Waals surface area (Å²) in [7, 11) is 0. The Labute approximate surface area is 183 Å². The third-order valence-electron chi connectivity index (χ3n) is 5.52. The molecule has 8 nitrogen and oxygen atoms in total. The monoisotopic (exact) mass is 434 g/mol. The van der Waals surface area contributed by atoms with Crippen LogP contribution in [-0.4, -0.2) is 39.6 Å². The minimum Gasteiger partial charge on any atom is -0.364 e. The smallest absolute Gasteiger partial charge is 0.267 e. The molecule has 1 fully saturated rings. The SMILES string of the molecule is NC(=O)c1ncccc1CCC#Cc1ccc(F)c2c1CN(C1CCC(=O)NC1=O)C2=O. The Morgan fingerprint density at radius 1 is 1.28 bits per heavy atom. The van der Waals surface area contributed by atoms with E-state index in [0.717, 1.165) is 0 Å². The van der Waals surface area contributed by atoms with Crippen LogP contribution in [0.3, 0.4) is 0 Å². The van der Waals surface area contributed by atoms with Gasteiger partial charge >= 0.3 is 0 Å². The van der Waals surface area contributed by atoms with Gasteiger partial charge in [-0.1, -0.05) is 17.9 Å². The summed E-state index contributed by atoms with van der Waals surface area (Å²) in [5, 5.41) is 2.22. The van der Waals surface area contributed by atoms with Gasteiger partial charge in [-0.3, -0.25) is 29.5 Å². The Bertz CT molecular complexity index is 1210. The molecule has 4 amide bonds. The van der Waals surface area contributed by atoms with Crippen molar-refractivity contribution in [3.8, 4) is 11.8 Å². The molecule has 1 unspecified atom stereocenters. The summed E-state index contributed by atoms with van der Waals surface area (Å²) in [6.45, 7) is 0.0383. The summed E-state index contributed by atoms with van der Waals surface area (Å²) in [4.78, 5) is 53.2. The van der Waals surface area contributed by atoms with E-state index >= 15 is 0 Å². The molecule has 162 valence electrons. The van der Waals surface area contributed by atoms with E-state index in [-0.39, 0.29) is 36.6 Å². The minimum absolute atomic E-state index is 0.0383. The molecule has 9 heteroatoms. The van der Waals surface area contributed by atoms with Gasteiger partial charge in [-0.2, -0.15) is 0 Å². The van der Waals surface area contributed by atoms with Crippen molar-refractivity contribution in [2.24, 2.45) is 5.73 Å². The number of nitrogens with one attached hydrogen (secondary N) is 1. The fourth-order valence-corrected chi connectivity index (χ4v) is 3.97. The van der Waals surface area contributed by atoms with Gasteiger partial charge in [-0.15, -0.1) is 0 Å². The van der Waals surface area contributed by atoms with Crippen molar-refractivity contribution in [3.63, 3.8) is 0 Å². The molecule has 32 heavy (non-hydrogen) atoms. The topological polar surface area (TPSA) is 122 Å². The van der Waals surface area contributed by atoms with Gasteiger partial charge in [-0.05, 0) is 36.6 Å². The molecular weight excluding hydrogens is 415 g/mol. The molecule has 1 saturated heterocycles. The lowest BCUT2D eigenvalue weighted by Crippen LogP contribution is -2.52. The van der Waals surface area contributed by atoms with Crippen LogP contribution in [0.25, 0.3) is 0 Å². The summed E-state index contributed by atoms with van der Waals surface area (Å²) in [6.07, 6.45) is 2.64. The van der Waals surface area contributed by atoms with E-state index in [1.54, 1.807) is 12.1 Å². The van der Waals surface area contributed by atoms with E-state index in [0.29, 0.717) is 29.5 Å². The number of nitrogens with zero attached hydrogens (tertiary/aromatic N) is 2. The Kier molecular flexibility index (Phi) is 5.69. The minimum atomic E-state index is -0.828. The van der Waals surface area contributed by atoms with Crippen LogP contribution < -0.4 is 11.1 Å². The van der Waals surface area contributed by atoms with Gasteiger partial charge in [0.1, 0.15) is 17.6 Å². The van der Waals surface area contributed by atoms with Crippen LogP contribution >= 0.6 is 0 Å². The molecule has 0 bridgehead atoms. The average Bonchev–Trinajstić information content (AvgIpc) is 3.11. The number of piperidine rings is 1. The summed E-state index contributed by atoms with van der Waals surface area (Å²) in [5.41, 5.74) is 7.03. The zero-order valence-electron chi connectivity index (χ0n) is 17.0. The van der Waals surface area contributed by atoms with Gasteiger partial charge in [0.15, 0.2) is 0 Å². The maximum atomic E-state index is 14.4. The Balaban J connectivity index is 1.54. The number of hydrogen-bond acceptors (Lipinski definition) is 5. The Hall–Kier alpha value is -4.06. The van der Waals surface area contributed by atoms with Gasteiger partial charge in [0.05, 0.1) is 5.56 Å². The normalized spacial score (nSPS) is 17.5. The first-order valence-electron chi connectivity index (χ1n) is 10.1. The summed E-state index contributed by atoms with van der Waals surface area (Å²) in [6, 6.07) is 5.31. The van der Waals surface area contributed by atoms with Crippen LogP contribution in [0.15, 0.2) is 30.5 Å². The fourth-order valence-electron chi connectivity index (χ4n) is 3.97. The highest BCUT2D eigenvalue weighted by molar-refractivity contribution is 6.05. The van der Waals surface area contributed by atoms with Crippen molar-refractivity contribution in [2.45, 2.75) is 38.3 Å². The van der Waals surface area contributed by atoms with Crippen LogP contribution in [0.2, 0.25) is 0 Å². The standard InChI is InChI=1S/C23H19FN4O4/c24-16-8-7-13(4-1-2-5-14-6-3-11-26-20(14)21(25)30)15-12-28(23(32)19(15)16)17-9-10-18(29)27-22(17)31/h3,6-8,11,17H,2,5,9-10,12H2,(H2,25,30)(H,27,29,31). The molecule has 2 aromatic rings. The van der Waals surface area contributed by atoms with E-state index in [1.165, 1.54) is 23.2 Å². The van der Waals surface area contributed by atoms with Gasteiger partial charge in [-0.25, -0.2) is 4.39 Å². The lowest BCUT2D eigenvalue weighted by atomic mass is 10.0. The lowest BCUT2D eigenvalue weighted by Gasteiger charge is -2.29. The molecule has 2 aliphatic heterocycles. The molecule has 2 aliphatic rings. The van der Waals surface area contributed by atoms with Crippen molar-refractivity contribution in [2.75, 3.05) is 0 Å². The quantitative estimate of drug-likeness (QED) is 0.551. The second-order valence-corrected chi connectivity index (χ2v) is 7.53. The first-order chi connectivity index (χ1) is 15.4. The number of aromatic nitrogens is 1. The van der Waals surface area contributed by atoms with Crippen molar-refractivity contribution in [1.82, 2.24) is 15.2 Å². The van der Waals surface area contributed by atoms with E-state index in [2.05, 4.69) is 22.1 Å². The number of primary amides is 1. The molecule has 4 rings (SSSR count). The molecule has 3 heterocycles. The second-order valence-electron chi connectivity index (χ2n) is 7.53. The van der Waals surface area contributed by atoms with Crippen LogP contribution in [0.4, 0.5) is 4.39 Å². The Morgan fingerprint density at radius 3 is 2.84 bits per heavy atom. The number of nitrogens with two attached hydrogens (primary N) is 1. The van der Waals surface area contributed by atoms with Gasteiger partial charge < -0.3 is 10.6 Å². The summed E-state index contributed by atoms with van der Waals surface area (Å²) < 4.78 is 14.4. The number of pyridine rings is 1. The highest BCUT2D eigenvalue weighted by Crippen LogP contribution is 2.31. The first-order valence-corrected chi connectivity index (χ1v) is 10.1. The van der Waals surface area contributed by atoms with Gasteiger partial charge in [0, 0.05) is 36.7 Å². The number of rotatable bonds is 4. The van der Waals surface area contributed by atoms with E-state index in [4.69, 9.17) is 5.73 Å². The highest BCUT2D eigenvalue weighted by atomic mass is 19.1. The van der Waals surface area contributed by atoms with Crippen molar-refractivity contribution in [3.05, 3.63) is 64.2 Å². The van der Waals surface area contributed by atoms with Crippen LogP contribution in [0.1, 0.15) is 56.8 Å². The third-order valence-corrected chi connectivity index (χ3v) is 5.52. The first kappa shape index (κ1) is 21.2. The number of imide groups is 1. The predicted octanol–water partition coefficient (Wildman–Crippen LogP) is 1.06. The molecule has 1 atom stereocenters. The van der Waals surface area contributed by atoms with Crippen LogP contribution in [0.5, 0.6) is 0 Å². The summed E-state index contributed by atoms with van der Waals surface area (Å²) in [5.74, 6) is 3.13. The number of halogens is 1. The van der Waals surface area contributed by atoms with E-state index in [1.807, 2.05) is 0 Å². The predicted molar refractivity (Wildman–Crippen MR) is 110 cm³/mol. The molecule has 1 aromatic heterocycles. The molecule has 0 saturated carbocycles. The number of benzene rings is 1. The summed E-state index contributed by atoms with van der Waals surface area (Å²) >= 11 is 0. The Morgan fingerprint density at radius 2 is 2.09 bits per heavy atom. The van der Waals surface area contributed by atoms with E-state index in [9.17, 15) is 23.6 Å². The number of hydrogen-bond donors (Lipinski definition) is 2. The van der Waals surface area contributed by atoms with Crippen molar-refractivity contribution >= 4 is 23.6 Å². The zero-order valence-corrected chi connectivity index (χ0v) is 17.0. The number of amides is 4. The maximum Gasteiger partial charge on any atom is 0.267 e. The molecule has 3 N–H and O–H groups in total. The van der Waals surface area contributed by atoms with Crippen molar-refractivity contribution in [1.29, 1.82) is 0 Å². The average molecular weight is 434 g/mol. The van der Waals surface area contributed by atoms with Gasteiger partial charge in [0.2, 0.25) is 11.8 Å². The zero-order chi connectivity index (χ0) is 22.8. The largest absolute Gasteiger partial charge is 0.364 e. The number of carbonyl (C=O) groups is 4. The number of aryl methyl sites for hydroxylation is 1. The molecule has 0 aliphatic carbocycles. The molecule has 0 spiro atoms. The van der Waals surface area contributed by atoms with Crippen LogP contribution in [0, 0.1) is 17.7 Å². The third kappa shape index (κ3) is 3.95. The van der Waals surface area contributed by atoms with Gasteiger partial charge in [0.25, 0.3) is 11.8 Å². The molecule has 0 radical (unpaired) electrons. The van der Waals surface area contributed by atoms with E-state index < -0.39 is 29.6 Å². The van der Waals surface area contributed by atoms with Crippen molar-refractivity contribution < 1.29 is 23.6 Å². The van der Waals surface area contributed by atoms with Crippen LogP contribution in [-0.2, 0) is 22.6 Å². The molecule has 1 aromatic carbocycles. The second kappa shape index (κ2) is 8.59. The number of carbonyl (C=O) groups excluding carboxylic acids is 4. The lowest BCUT2D eigenvalue weighted by molar-refractivity contribution is -0.136. The maximum absolute atomic E-state index is 14.4. The fraction of sp³-hybridized carbons (Fsp3) is 0.261.